The Bertz CT molecular complexity index is 1110. The maximum absolute atomic E-state index is 12.7. The second-order valence-corrected chi connectivity index (χ2v) is 7.76. The fraction of sp³-hybridized carbons (Fsp3) is 0.273. The van der Waals surface area contributed by atoms with Crippen molar-refractivity contribution in [2.24, 2.45) is 0 Å². The van der Waals surface area contributed by atoms with E-state index in [1.165, 1.54) is 55.6 Å². The summed E-state index contributed by atoms with van der Waals surface area (Å²) in [6.07, 6.45) is 1.27. The van der Waals surface area contributed by atoms with E-state index >= 15 is 0 Å². The third kappa shape index (κ3) is 6.25. The van der Waals surface area contributed by atoms with Crippen LogP contribution in [0.3, 0.4) is 0 Å². The molecular weight excluding hydrogens is 460 g/mol. The number of aromatic nitrogens is 1. The number of nitrogens with one attached hydrogen (secondary N) is 3. The van der Waals surface area contributed by atoms with E-state index in [1.54, 1.807) is 11.4 Å². The van der Waals surface area contributed by atoms with Gasteiger partial charge < -0.3 is 30.5 Å². The third-order valence-corrected chi connectivity index (χ3v) is 5.29. The van der Waals surface area contributed by atoms with Crippen molar-refractivity contribution < 1.29 is 24.5 Å². The van der Waals surface area contributed by atoms with Crippen LogP contribution in [0, 0.1) is 5.41 Å². The maximum atomic E-state index is 12.7. The van der Waals surface area contributed by atoms with E-state index in [9.17, 15) is 19.8 Å². The number of hydrogen-bond acceptors (Lipinski definition) is 9. The molecule has 0 saturated heterocycles. The largest absolute Gasteiger partial charge is 0.510 e. The lowest BCUT2D eigenvalue weighted by Gasteiger charge is -2.27. The number of aliphatic hydroxyl groups excluding tert-OH is 1. The number of anilines is 1. The Balaban J connectivity index is 2.19. The molecule has 0 atom stereocenters. The first-order valence-corrected chi connectivity index (χ1v) is 11.1. The minimum atomic E-state index is -0.564. The van der Waals surface area contributed by atoms with Crippen LogP contribution in [0.15, 0.2) is 47.8 Å². The van der Waals surface area contributed by atoms with E-state index in [0.717, 1.165) is 4.90 Å². The Morgan fingerprint density at radius 1 is 1.38 bits per heavy atom. The number of thiazole rings is 1. The van der Waals surface area contributed by atoms with Crippen LogP contribution in [-0.4, -0.2) is 70.0 Å². The van der Waals surface area contributed by atoms with Crippen LogP contribution in [0.25, 0.3) is 11.3 Å². The van der Waals surface area contributed by atoms with Gasteiger partial charge in [-0.1, -0.05) is 6.58 Å². The Labute approximate surface area is 201 Å². The van der Waals surface area contributed by atoms with Crippen molar-refractivity contribution in [1.82, 2.24) is 20.1 Å². The molecule has 2 rings (SSSR count). The maximum Gasteiger partial charge on any atom is 0.322 e. The Kier molecular flexibility index (Phi) is 9.01. The molecule has 0 spiro atoms. The van der Waals surface area contributed by atoms with E-state index in [1.807, 2.05) is 6.92 Å². The number of aromatic hydroxyl groups is 1. The first-order valence-electron chi connectivity index (χ1n) is 10.2. The summed E-state index contributed by atoms with van der Waals surface area (Å²) in [4.78, 5) is 31.2. The van der Waals surface area contributed by atoms with Gasteiger partial charge in [0.15, 0.2) is 11.0 Å². The van der Waals surface area contributed by atoms with E-state index in [2.05, 4.69) is 22.2 Å². The molecule has 0 fully saturated rings. The summed E-state index contributed by atoms with van der Waals surface area (Å²) in [6.45, 7) is 6.97. The molecule has 11 nitrogen and oxygen atoms in total. The summed E-state index contributed by atoms with van der Waals surface area (Å²) in [5, 5.41) is 35.3. The number of likely N-dealkylation sites (N-methyl/N-ethyl adjacent to an activating group) is 1. The number of ether oxygens (including phenoxy) is 1. The van der Waals surface area contributed by atoms with Crippen molar-refractivity contribution in [3.63, 3.8) is 0 Å². The van der Waals surface area contributed by atoms with Crippen molar-refractivity contribution in [3.05, 3.63) is 47.8 Å². The van der Waals surface area contributed by atoms with Crippen LogP contribution in [0.4, 0.5) is 9.93 Å². The van der Waals surface area contributed by atoms with Gasteiger partial charge in [-0.05, 0) is 38.2 Å². The van der Waals surface area contributed by atoms with Crippen LogP contribution in [0.5, 0.6) is 11.5 Å². The molecule has 0 aliphatic carbocycles. The van der Waals surface area contributed by atoms with Gasteiger partial charge in [0.2, 0.25) is 5.91 Å². The number of amides is 3. The molecule has 5 N–H and O–H groups in total. The summed E-state index contributed by atoms with van der Waals surface area (Å²) < 4.78 is 5.59. The predicted octanol–water partition coefficient (Wildman–Crippen LogP) is 3.34. The molecule has 3 amide bonds. The number of allylic oxidation sites excluding steroid dienone is 1. The number of phenols is 1. The standard InChI is InChI=1S/C22H28N6O5S/c1-6-28(19(13(3)29)20(23)27(5)22(32)24-4)11-18(31)26-21-25-16(12-34-21)15-10-14(30)8-9-17(15)33-7-2/h6,8-10,12,23,29-30H,1,7,11H2,2-5H3,(H,24,32)(H,25,26,31). The van der Waals surface area contributed by atoms with Crippen LogP contribution in [0.2, 0.25) is 0 Å². The lowest BCUT2D eigenvalue weighted by Crippen LogP contribution is -2.43. The highest BCUT2D eigenvalue weighted by Gasteiger charge is 2.24. The zero-order chi connectivity index (χ0) is 25.4. The van der Waals surface area contributed by atoms with Gasteiger partial charge in [0, 0.05) is 25.0 Å². The fourth-order valence-electron chi connectivity index (χ4n) is 2.95. The molecule has 0 radical (unpaired) electrons. The summed E-state index contributed by atoms with van der Waals surface area (Å²) in [5.74, 6) is -0.473. The van der Waals surface area contributed by atoms with Gasteiger partial charge in [-0.15, -0.1) is 11.3 Å². The summed E-state index contributed by atoms with van der Waals surface area (Å²) in [5.41, 5.74) is 1.04. The monoisotopic (exact) mass is 488 g/mol. The summed E-state index contributed by atoms with van der Waals surface area (Å²) >= 11 is 1.18. The van der Waals surface area contributed by atoms with Crippen molar-refractivity contribution in [3.8, 4) is 22.8 Å². The van der Waals surface area contributed by atoms with Gasteiger partial charge >= 0.3 is 6.03 Å². The number of carbonyl (C=O) groups excluding carboxylic acids is 2. The number of nitrogens with zero attached hydrogens (tertiary/aromatic N) is 3. The van der Waals surface area contributed by atoms with Crippen molar-refractivity contribution in [1.29, 1.82) is 5.41 Å². The number of amidine groups is 1. The van der Waals surface area contributed by atoms with Gasteiger partial charge in [-0.25, -0.2) is 9.78 Å². The molecule has 0 bridgehead atoms. The molecule has 2 aromatic rings. The quantitative estimate of drug-likeness (QED) is 0.206. The summed E-state index contributed by atoms with van der Waals surface area (Å²) in [7, 11) is 2.77. The average Bonchev–Trinajstić information content (AvgIpc) is 3.26. The Morgan fingerprint density at radius 3 is 2.68 bits per heavy atom. The lowest BCUT2D eigenvalue weighted by molar-refractivity contribution is -0.116. The van der Waals surface area contributed by atoms with Crippen LogP contribution >= 0.6 is 11.3 Å². The van der Waals surface area contributed by atoms with E-state index < -0.39 is 11.9 Å². The number of aliphatic hydroxyl groups is 1. The molecule has 34 heavy (non-hydrogen) atoms. The molecule has 1 heterocycles. The highest BCUT2D eigenvalue weighted by atomic mass is 32.1. The molecule has 182 valence electrons. The topological polar surface area (TPSA) is 151 Å². The SMILES string of the molecule is C=CN(CC(=O)Nc1nc(-c2cc(O)ccc2OCC)cs1)C(C(=N)N(C)C(=O)NC)=C(C)O. The molecule has 1 aromatic heterocycles. The Hall–Kier alpha value is -4.06. The highest BCUT2D eigenvalue weighted by Crippen LogP contribution is 2.35. The van der Waals surface area contributed by atoms with Crippen LogP contribution in [-0.2, 0) is 4.79 Å². The number of benzene rings is 1. The van der Waals surface area contributed by atoms with E-state index in [4.69, 9.17) is 10.1 Å². The Morgan fingerprint density at radius 2 is 2.09 bits per heavy atom. The second-order valence-electron chi connectivity index (χ2n) is 6.91. The third-order valence-electron chi connectivity index (χ3n) is 4.53. The number of rotatable bonds is 9. The molecule has 0 unspecified atom stereocenters. The molecular formula is C22H28N6O5S. The summed E-state index contributed by atoms with van der Waals surface area (Å²) in [6, 6.07) is 4.12. The number of carbonyl (C=O) groups is 2. The van der Waals surface area contributed by atoms with Gasteiger partial charge in [0.05, 0.1) is 12.3 Å². The second kappa shape index (κ2) is 11.7. The lowest BCUT2D eigenvalue weighted by atomic mass is 10.1. The number of hydrogen-bond donors (Lipinski definition) is 5. The molecule has 0 aliphatic rings. The molecule has 12 heteroatoms. The number of urea groups is 1. The first kappa shape index (κ1) is 26.2. The van der Waals surface area contributed by atoms with Gasteiger partial charge in [0.1, 0.15) is 29.5 Å². The smallest absolute Gasteiger partial charge is 0.322 e. The first-order chi connectivity index (χ1) is 16.1. The van der Waals surface area contributed by atoms with Crippen molar-refractivity contribution >= 4 is 34.2 Å². The molecule has 1 aromatic carbocycles. The van der Waals surface area contributed by atoms with Crippen molar-refractivity contribution in [2.45, 2.75) is 13.8 Å². The zero-order valence-electron chi connectivity index (χ0n) is 19.4. The van der Waals surface area contributed by atoms with E-state index in [-0.39, 0.29) is 29.6 Å². The fourth-order valence-corrected chi connectivity index (χ4v) is 3.67. The minimum Gasteiger partial charge on any atom is -0.510 e. The van der Waals surface area contributed by atoms with Gasteiger partial charge in [-0.2, -0.15) is 0 Å². The van der Waals surface area contributed by atoms with Gasteiger partial charge in [-0.3, -0.25) is 15.1 Å². The van der Waals surface area contributed by atoms with E-state index in [0.29, 0.717) is 28.7 Å². The molecule has 0 saturated carbocycles. The molecule has 0 aliphatic heterocycles. The average molecular weight is 489 g/mol. The van der Waals surface area contributed by atoms with Crippen LogP contribution in [0.1, 0.15) is 13.8 Å². The zero-order valence-corrected chi connectivity index (χ0v) is 20.2. The highest BCUT2D eigenvalue weighted by molar-refractivity contribution is 7.14. The van der Waals surface area contributed by atoms with Crippen molar-refractivity contribution in [2.75, 3.05) is 32.6 Å². The predicted molar refractivity (Wildman–Crippen MR) is 131 cm³/mol. The number of phenolic OH excluding ortho intramolecular Hbond substituents is 1. The minimum absolute atomic E-state index is 0.0570. The normalized spacial score (nSPS) is 11.2. The van der Waals surface area contributed by atoms with Crippen LogP contribution < -0.4 is 15.4 Å². The van der Waals surface area contributed by atoms with Gasteiger partial charge in [0.25, 0.3) is 0 Å².